The molecule has 4 nitrogen and oxygen atoms in total. The summed E-state index contributed by atoms with van der Waals surface area (Å²) >= 11 is 0. The van der Waals surface area contributed by atoms with Crippen LogP contribution in [0.5, 0.6) is 0 Å². The lowest BCUT2D eigenvalue weighted by Gasteiger charge is -2.36. The molecule has 2 N–H and O–H groups in total. The Labute approximate surface area is 127 Å². The third-order valence-corrected chi connectivity index (χ3v) is 6.36. The molecular weight excluding hydrogens is 266 g/mol. The lowest BCUT2D eigenvalue weighted by atomic mass is 9.71. The maximum absolute atomic E-state index is 12.4. The predicted octanol–water partition coefficient (Wildman–Crippen LogP) is 3.21. The highest BCUT2D eigenvalue weighted by atomic mass is 16.4. The van der Waals surface area contributed by atoms with Gasteiger partial charge < -0.3 is 10.4 Å². The van der Waals surface area contributed by atoms with Gasteiger partial charge in [0.25, 0.3) is 0 Å². The zero-order valence-corrected chi connectivity index (χ0v) is 13.8. The van der Waals surface area contributed by atoms with Crippen LogP contribution in [-0.2, 0) is 9.59 Å². The number of aliphatic carboxylic acids is 1. The lowest BCUT2D eigenvalue weighted by molar-refractivity contribution is -0.141. The zero-order valence-electron chi connectivity index (χ0n) is 13.8. The van der Waals surface area contributed by atoms with Crippen molar-refractivity contribution in [2.45, 2.75) is 66.2 Å². The average Bonchev–Trinajstić information content (AvgIpc) is 2.77. The number of hydrogen-bond donors (Lipinski definition) is 2. The molecule has 0 unspecified atom stereocenters. The highest BCUT2D eigenvalue weighted by molar-refractivity contribution is 5.84. The van der Waals surface area contributed by atoms with Gasteiger partial charge in [-0.15, -0.1) is 0 Å². The second kappa shape index (κ2) is 5.29. The molecule has 2 fully saturated rings. The van der Waals surface area contributed by atoms with E-state index in [-0.39, 0.29) is 34.5 Å². The maximum atomic E-state index is 12.4. The fraction of sp³-hybridized carbons (Fsp3) is 0.882. The summed E-state index contributed by atoms with van der Waals surface area (Å²) in [6.45, 7) is 9.03. The number of amides is 1. The van der Waals surface area contributed by atoms with Crippen molar-refractivity contribution in [3.05, 3.63) is 0 Å². The molecule has 0 saturated heterocycles. The molecule has 0 spiro atoms. The van der Waals surface area contributed by atoms with Gasteiger partial charge in [-0.25, -0.2) is 0 Å². The van der Waals surface area contributed by atoms with Crippen LogP contribution in [0.2, 0.25) is 0 Å². The monoisotopic (exact) mass is 295 g/mol. The Morgan fingerprint density at radius 2 is 1.57 bits per heavy atom. The van der Waals surface area contributed by atoms with Crippen LogP contribution in [0.3, 0.4) is 0 Å². The Balaban J connectivity index is 1.96. The van der Waals surface area contributed by atoms with E-state index in [1.807, 2.05) is 0 Å². The molecule has 2 aliphatic carbocycles. The van der Waals surface area contributed by atoms with E-state index in [0.717, 1.165) is 25.7 Å². The molecule has 21 heavy (non-hydrogen) atoms. The van der Waals surface area contributed by atoms with Crippen LogP contribution in [0, 0.1) is 22.2 Å². The van der Waals surface area contributed by atoms with Crippen LogP contribution < -0.4 is 5.32 Å². The molecule has 1 amide bonds. The summed E-state index contributed by atoms with van der Waals surface area (Å²) in [5.74, 6) is -0.617. The van der Waals surface area contributed by atoms with Gasteiger partial charge >= 0.3 is 5.97 Å². The molecule has 4 heteroatoms. The molecule has 2 saturated carbocycles. The van der Waals surface area contributed by atoms with Crippen LogP contribution in [0.4, 0.5) is 0 Å². The number of nitrogens with one attached hydrogen (secondary N) is 1. The Morgan fingerprint density at radius 1 is 1.05 bits per heavy atom. The summed E-state index contributed by atoms with van der Waals surface area (Å²) in [5.41, 5.74) is -0.170. The fourth-order valence-electron chi connectivity index (χ4n) is 4.27. The molecule has 120 valence electrons. The van der Waals surface area contributed by atoms with Crippen LogP contribution in [0.1, 0.15) is 66.2 Å². The third-order valence-electron chi connectivity index (χ3n) is 6.36. The second-order valence-electron chi connectivity index (χ2n) is 8.23. The maximum Gasteiger partial charge on any atom is 0.303 e. The van der Waals surface area contributed by atoms with Gasteiger partial charge in [-0.1, -0.05) is 47.0 Å². The van der Waals surface area contributed by atoms with Gasteiger partial charge in [0.1, 0.15) is 0 Å². The Bertz CT molecular complexity index is 419. The first-order chi connectivity index (χ1) is 9.62. The first-order valence-electron chi connectivity index (χ1n) is 8.12. The minimum Gasteiger partial charge on any atom is -0.481 e. The first kappa shape index (κ1) is 16.3. The van der Waals surface area contributed by atoms with Crippen molar-refractivity contribution in [1.82, 2.24) is 5.32 Å². The summed E-state index contributed by atoms with van der Waals surface area (Å²) in [6, 6.07) is 0. The number of hydrogen-bond acceptors (Lipinski definition) is 2. The van der Waals surface area contributed by atoms with E-state index in [1.165, 1.54) is 6.42 Å². The molecule has 0 atom stereocenters. The van der Waals surface area contributed by atoms with E-state index in [1.54, 1.807) is 0 Å². The second-order valence-corrected chi connectivity index (χ2v) is 8.23. The topological polar surface area (TPSA) is 66.4 Å². The molecule has 2 aliphatic rings. The lowest BCUT2D eigenvalue weighted by Crippen LogP contribution is -2.41. The molecule has 0 aromatic rings. The Kier molecular flexibility index (Phi) is 4.11. The van der Waals surface area contributed by atoms with Crippen LogP contribution in [0.25, 0.3) is 0 Å². The largest absolute Gasteiger partial charge is 0.481 e. The molecule has 0 heterocycles. The zero-order chi connectivity index (χ0) is 15.9. The number of carboxylic acids is 1. The van der Waals surface area contributed by atoms with Crippen LogP contribution in [0.15, 0.2) is 0 Å². The van der Waals surface area contributed by atoms with E-state index in [4.69, 9.17) is 0 Å². The van der Waals surface area contributed by atoms with Crippen molar-refractivity contribution < 1.29 is 14.7 Å². The highest BCUT2D eigenvalue weighted by Crippen LogP contribution is 2.68. The minimum atomic E-state index is -0.752. The van der Waals surface area contributed by atoms with Gasteiger partial charge in [0, 0.05) is 12.5 Å². The van der Waals surface area contributed by atoms with E-state index < -0.39 is 5.97 Å². The Hall–Kier alpha value is -1.06. The summed E-state index contributed by atoms with van der Waals surface area (Å²) in [7, 11) is 0. The number of carbonyl (C=O) groups excluding carboxylic acids is 1. The number of rotatable bonds is 5. The molecular formula is C17H29NO3. The molecule has 0 radical (unpaired) electrons. The highest BCUT2D eigenvalue weighted by Gasteiger charge is 2.68. The number of carbonyl (C=O) groups is 2. The van der Waals surface area contributed by atoms with Gasteiger partial charge in [-0.05, 0) is 29.1 Å². The van der Waals surface area contributed by atoms with Crippen LogP contribution >= 0.6 is 0 Å². The third kappa shape index (κ3) is 2.95. The SMILES string of the molecule is CC1(C)C(C(=O)NCC2(CC(=O)O)CCCCC2)C1(C)C. The van der Waals surface area contributed by atoms with Crippen molar-refractivity contribution >= 4 is 11.9 Å². The van der Waals surface area contributed by atoms with E-state index in [9.17, 15) is 14.7 Å². The molecule has 0 aromatic heterocycles. The first-order valence-corrected chi connectivity index (χ1v) is 8.12. The molecule has 0 bridgehead atoms. The van der Waals surface area contributed by atoms with Gasteiger partial charge in [0.2, 0.25) is 5.91 Å². The molecule has 0 aliphatic heterocycles. The van der Waals surface area contributed by atoms with Gasteiger partial charge in [-0.2, -0.15) is 0 Å². The van der Waals surface area contributed by atoms with Gasteiger partial charge in [0.05, 0.1) is 6.42 Å². The smallest absolute Gasteiger partial charge is 0.303 e. The fourth-order valence-corrected chi connectivity index (χ4v) is 4.27. The van der Waals surface area contributed by atoms with E-state index in [0.29, 0.717) is 6.54 Å². The summed E-state index contributed by atoms with van der Waals surface area (Å²) in [4.78, 5) is 23.6. The molecule has 0 aromatic carbocycles. The Morgan fingerprint density at radius 3 is 2.00 bits per heavy atom. The van der Waals surface area contributed by atoms with Gasteiger partial charge in [0.15, 0.2) is 0 Å². The van der Waals surface area contributed by atoms with Crippen molar-refractivity contribution in [2.75, 3.05) is 6.54 Å². The van der Waals surface area contributed by atoms with E-state index in [2.05, 4.69) is 33.0 Å². The van der Waals surface area contributed by atoms with Gasteiger partial charge in [-0.3, -0.25) is 9.59 Å². The normalized spacial score (nSPS) is 26.1. The van der Waals surface area contributed by atoms with Crippen molar-refractivity contribution in [1.29, 1.82) is 0 Å². The van der Waals surface area contributed by atoms with Crippen molar-refractivity contribution in [3.63, 3.8) is 0 Å². The summed E-state index contributed by atoms with van der Waals surface area (Å²) in [5, 5.41) is 12.2. The average molecular weight is 295 g/mol. The standard InChI is InChI=1S/C17H29NO3/c1-15(2)13(16(15,3)4)14(21)18-11-17(10-12(19)20)8-6-5-7-9-17/h13H,5-11H2,1-4H3,(H,18,21)(H,19,20). The quantitative estimate of drug-likeness (QED) is 0.818. The number of carboxylic acid groups (broad SMARTS) is 1. The van der Waals surface area contributed by atoms with Crippen molar-refractivity contribution in [3.8, 4) is 0 Å². The summed E-state index contributed by atoms with van der Waals surface area (Å²) in [6.07, 6.45) is 5.32. The van der Waals surface area contributed by atoms with E-state index >= 15 is 0 Å². The minimum absolute atomic E-state index is 0.0314. The predicted molar refractivity (Wildman–Crippen MR) is 81.8 cm³/mol. The van der Waals surface area contributed by atoms with Crippen LogP contribution in [-0.4, -0.2) is 23.5 Å². The summed E-state index contributed by atoms with van der Waals surface area (Å²) < 4.78 is 0. The van der Waals surface area contributed by atoms with Crippen molar-refractivity contribution in [2.24, 2.45) is 22.2 Å². The molecule has 2 rings (SSSR count).